The van der Waals surface area contributed by atoms with E-state index in [0.29, 0.717) is 45.7 Å². The average molecular weight is 969 g/mol. The Hall–Kier alpha value is -9.55. The van der Waals surface area contributed by atoms with Gasteiger partial charge in [-0.1, -0.05) is 61.5 Å². The van der Waals surface area contributed by atoms with E-state index in [1.807, 2.05) is 101 Å². The van der Waals surface area contributed by atoms with Crippen molar-refractivity contribution in [1.29, 1.82) is 0 Å². The maximum Gasteiger partial charge on any atom is 0.153 e. The van der Waals surface area contributed by atoms with Gasteiger partial charge < -0.3 is 82.2 Å². The molecule has 0 atom stereocenters. The first kappa shape index (κ1) is 59.5. The zero-order chi connectivity index (χ0) is 52.2. The molecule has 24 N–H and O–H groups in total. The fourth-order valence-electron chi connectivity index (χ4n) is 5.09. The zero-order valence-corrected chi connectivity index (χ0v) is 40.6. The largest absolute Gasteiger partial charge is 0.508 e. The van der Waals surface area contributed by atoms with Crippen molar-refractivity contribution in [1.82, 2.24) is 11.1 Å². The first-order valence-electron chi connectivity index (χ1n) is 21.4. The van der Waals surface area contributed by atoms with Crippen LogP contribution in [-0.2, 0) is 6.42 Å². The molecule has 0 saturated heterocycles. The Bertz CT molecular complexity index is 2740. The molecule has 0 aliphatic heterocycles. The topological polar surface area (TPSA) is 388 Å². The van der Waals surface area contributed by atoms with Crippen LogP contribution in [0.25, 0.3) is 0 Å². The summed E-state index contributed by atoms with van der Waals surface area (Å²) in [6.07, 6.45) is 0.924. The predicted molar refractivity (Wildman–Crippen MR) is 293 cm³/mol. The summed E-state index contributed by atoms with van der Waals surface area (Å²) < 4.78 is 0. The lowest BCUT2D eigenvalue weighted by atomic mass is 10.1. The van der Waals surface area contributed by atoms with Crippen molar-refractivity contribution in [3.8, 4) is 34.5 Å². The Morgan fingerprint density at radius 1 is 0.479 bits per heavy atom. The van der Waals surface area contributed by atoms with E-state index in [9.17, 15) is 0 Å². The first-order valence-corrected chi connectivity index (χ1v) is 21.4. The molecular formula is C53H68N12O6. The molecule has 71 heavy (non-hydrogen) atoms. The van der Waals surface area contributed by atoms with Crippen molar-refractivity contribution < 1.29 is 30.6 Å². The van der Waals surface area contributed by atoms with E-state index >= 15 is 0 Å². The van der Waals surface area contributed by atoms with Crippen molar-refractivity contribution in [2.24, 2.45) is 10.2 Å². The van der Waals surface area contributed by atoms with Gasteiger partial charge in [0.05, 0.1) is 28.4 Å². The van der Waals surface area contributed by atoms with Gasteiger partial charge in [0.2, 0.25) is 0 Å². The summed E-state index contributed by atoms with van der Waals surface area (Å²) in [5, 5.41) is 64.6. The van der Waals surface area contributed by atoms with Gasteiger partial charge in [-0.25, -0.2) is 4.98 Å². The second kappa shape index (κ2) is 31.4. The number of rotatable bonds is 4. The standard InChI is InChI=1S/C11H11N5.C8H11NO.4C7H9NO.C6H7NO.H3N/c12-10-7-6-9(11(13)14-10)16-15-8-4-2-1-3-5-8;1-2-6-3-4-7(9)8(10)5-6;1-8-6-2-4-7(9)5-3-6;1-5-4-6(9)2-3-7(5)8;1-5-2-3-6(8)7(9)4-5;1-5-3-2-4-6(8)7(5)9;7-5-3-1-2-4-6(5)8;/h1-7H,(H4,12,13,14);3-5,10H,2,9H2,1H3;2-5,8-9H,1H3;3*2-4,9H,8H2,1H3;1-4,8H,7H2;1H3. The van der Waals surface area contributed by atoms with Crippen LogP contribution >= 0.6 is 0 Å². The lowest BCUT2D eigenvalue weighted by molar-refractivity contribution is 0.473. The van der Waals surface area contributed by atoms with E-state index in [4.69, 9.17) is 70.8 Å². The van der Waals surface area contributed by atoms with Crippen LogP contribution < -0.4 is 51.6 Å². The molecule has 1 aromatic heterocycles. The highest BCUT2D eigenvalue weighted by Crippen LogP contribution is 2.25. The maximum absolute atomic E-state index is 9.11. The number of aromatic nitrogens is 1. The molecule has 0 radical (unpaired) electrons. The second-order valence-electron chi connectivity index (χ2n) is 14.9. The number of azo groups is 1. The number of nitrogens with zero attached hydrogens (tertiary/aromatic N) is 3. The summed E-state index contributed by atoms with van der Waals surface area (Å²) in [6, 6.07) is 47.0. The molecule has 0 amide bonds. The van der Waals surface area contributed by atoms with Crippen molar-refractivity contribution in [3.63, 3.8) is 0 Å². The van der Waals surface area contributed by atoms with Crippen LogP contribution in [-0.4, -0.2) is 42.7 Å². The number of para-hydroxylation sites is 3. The number of aryl methyl sites for hydroxylation is 4. The quantitative estimate of drug-likeness (QED) is 0.0337. The second-order valence-corrected chi connectivity index (χ2v) is 14.9. The summed E-state index contributed by atoms with van der Waals surface area (Å²) in [4.78, 5) is 3.89. The molecule has 0 aliphatic carbocycles. The Kier molecular flexibility index (Phi) is 26.3. The zero-order valence-electron chi connectivity index (χ0n) is 40.6. The van der Waals surface area contributed by atoms with E-state index in [2.05, 4.69) is 20.5 Å². The minimum absolute atomic E-state index is 0. The number of nitrogens with one attached hydrogen (secondary N) is 1. The summed E-state index contributed by atoms with van der Waals surface area (Å²) in [5.41, 5.74) is 46.5. The fourth-order valence-corrected chi connectivity index (χ4v) is 5.09. The molecule has 0 spiro atoms. The molecule has 0 aliphatic rings. The minimum Gasteiger partial charge on any atom is -0.508 e. The van der Waals surface area contributed by atoms with Crippen LogP contribution in [0.4, 0.5) is 57.1 Å². The van der Waals surface area contributed by atoms with Gasteiger partial charge in [0, 0.05) is 18.4 Å². The third-order valence-corrected chi connectivity index (χ3v) is 9.26. The molecule has 18 heteroatoms. The highest BCUT2D eigenvalue weighted by atomic mass is 16.3. The van der Waals surface area contributed by atoms with E-state index in [1.165, 1.54) is 0 Å². The highest BCUT2D eigenvalue weighted by Gasteiger charge is 2.00. The molecule has 0 fully saturated rings. The van der Waals surface area contributed by atoms with Crippen molar-refractivity contribution in [2.75, 3.05) is 52.5 Å². The van der Waals surface area contributed by atoms with E-state index in [1.54, 1.807) is 97.1 Å². The maximum atomic E-state index is 9.11. The predicted octanol–water partition coefficient (Wildman–Crippen LogP) is 10.6. The van der Waals surface area contributed by atoms with E-state index < -0.39 is 0 Å². The number of phenols is 6. The van der Waals surface area contributed by atoms with E-state index in [-0.39, 0.29) is 40.7 Å². The number of hydrogen-bond acceptors (Lipinski definition) is 18. The Balaban J connectivity index is 0.000000419. The van der Waals surface area contributed by atoms with Gasteiger partial charge in [0.15, 0.2) is 5.82 Å². The number of hydrogen-bond donors (Lipinski definition) is 15. The van der Waals surface area contributed by atoms with Gasteiger partial charge >= 0.3 is 0 Å². The monoisotopic (exact) mass is 969 g/mol. The van der Waals surface area contributed by atoms with Crippen molar-refractivity contribution in [2.45, 2.75) is 34.1 Å². The van der Waals surface area contributed by atoms with Crippen LogP contribution in [0.3, 0.4) is 0 Å². The van der Waals surface area contributed by atoms with E-state index in [0.717, 1.165) is 40.0 Å². The number of pyridine rings is 1. The lowest BCUT2D eigenvalue weighted by Gasteiger charge is -1.99. The number of nitrogen functional groups attached to an aromatic ring is 7. The third-order valence-electron chi connectivity index (χ3n) is 9.26. The van der Waals surface area contributed by atoms with Gasteiger partial charge in [-0.05, 0) is 159 Å². The molecule has 7 aromatic carbocycles. The van der Waals surface area contributed by atoms with Crippen LogP contribution in [0.1, 0.15) is 29.2 Å². The highest BCUT2D eigenvalue weighted by molar-refractivity contribution is 5.60. The number of phenolic OH excluding ortho intramolecular Hbond substituents is 6. The van der Waals surface area contributed by atoms with Crippen LogP contribution in [0, 0.1) is 20.8 Å². The Labute approximate surface area is 415 Å². The number of anilines is 8. The molecule has 0 saturated carbocycles. The minimum atomic E-state index is 0. The normalized spacial score (nSPS) is 9.54. The summed E-state index contributed by atoms with van der Waals surface area (Å²) in [7, 11) is 1.84. The van der Waals surface area contributed by atoms with Crippen LogP contribution in [0.5, 0.6) is 34.5 Å². The van der Waals surface area contributed by atoms with Crippen molar-refractivity contribution in [3.05, 3.63) is 186 Å². The number of nitrogens with two attached hydrogens (primary N) is 7. The summed E-state index contributed by atoms with van der Waals surface area (Å²) >= 11 is 0. The number of aromatic hydroxyl groups is 6. The van der Waals surface area contributed by atoms with Crippen LogP contribution in [0.2, 0.25) is 0 Å². The first-order chi connectivity index (χ1) is 33.2. The summed E-state index contributed by atoms with van der Waals surface area (Å²) in [5.74, 6) is 1.89. The molecule has 1 heterocycles. The molecule has 18 nitrogen and oxygen atoms in total. The molecule has 0 unspecified atom stereocenters. The average Bonchev–Trinajstić information content (AvgIpc) is 3.34. The van der Waals surface area contributed by atoms with Crippen LogP contribution in [0.15, 0.2) is 174 Å². The molecule has 8 rings (SSSR count). The fraction of sp³-hybridized carbons (Fsp3) is 0.113. The molecular weight excluding hydrogens is 901 g/mol. The third kappa shape index (κ3) is 23.2. The Morgan fingerprint density at radius 2 is 1.03 bits per heavy atom. The summed E-state index contributed by atoms with van der Waals surface area (Å²) in [6.45, 7) is 7.60. The molecule has 8 aromatic rings. The van der Waals surface area contributed by atoms with Gasteiger partial charge in [0.1, 0.15) is 46.0 Å². The molecule has 0 bridgehead atoms. The van der Waals surface area contributed by atoms with Crippen molar-refractivity contribution >= 4 is 57.1 Å². The van der Waals surface area contributed by atoms with Gasteiger partial charge in [-0.3, -0.25) is 0 Å². The lowest BCUT2D eigenvalue weighted by Crippen LogP contribution is -1.95. The molecule has 376 valence electrons. The number of benzene rings is 7. The van der Waals surface area contributed by atoms with Gasteiger partial charge in [0.25, 0.3) is 0 Å². The van der Waals surface area contributed by atoms with Gasteiger partial charge in [-0.15, -0.1) is 5.11 Å². The van der Waals surface area contributed by atoms with Gasteiger partial charge in [-0.2, -0.15) is 5.11 Å². The smallest absolute Gasteiger partial charge is 0.153 e. The Morgan fingerprint density at radius 3 is 1.51 bits per heavy atom. The SMILES string of the molecule is CCc1ccc(N)c(O)c1.CNc1ccc(O)cc1.Cc1cc(O)ccc1N.Cc1ccc(N)c(O)c1.Cc1cccc(N)c1O.N.Nc1ccc(N=Nc2ccccc2)c(N)n1.Nc1ccccc1O.